The predicted octanol–water partition coefficient (Wildman–Crippen LogP) is 2.66. The van der Waals surface area contributed by atoms with E-state index in [2.05, 4.69) is 10.5 Å². The standard InChI is InChI=1S/C10H11N3O3S.ClH/c1-7-2-9(12-16-7)5-11-4-8-3-10(13(14)15)17-6-8;/h2-3,6,11H,4-5H2,1H3;1H. The normalized spacial score (nSPS) is 10.1. The highest BCUT2D eigenvalue weighted by atomic mass is 35.5. The van der Waals surface area contributed by atoms with E-state index in [-0.39, 0.29) is 22.3 Å². The van der Waals surface area contributed by atoms with Crippen molar-refractivity contribution >= 4 is 28.7 Å². The van der Waals surface area contributed by atoms with Gasteiger partial charge >= 0.3 is 5.00 Å². The van der Waals surface area contributed by atoms with Gasteiger partial charge in [-0.15, -0.1) is 12.4 Å². The molecule has 6 nitrogen and oxygen atoms in total. The average Bonchev–Trinajstić information content (AvgIpc) is 2.88. The molecule has 8 heteroatoms. The lowest BCUT2D eigenvalue weighted by Gasteiger charge is -1.98. The van der Waals surface area contributed by atoms with Crippen LogP contribution in [-0.2, 0) is 13.1 Å². The van der Waals surface area contributed by atoms with E-state index in [0.717, 1.165) is 28.4 Å². The van der Waals surface area contributed by atoms with Crippen LogP contribution >= 0.6 is 23.7 Å². The minimum absolute atomic E-state index is 0. The van der Waals surface area contributed by atoms with Crippen molar-refractivity contribution in [1.29, 1.82) is 0 Å². The largest absolute Gasteiger partial charge is 0.361 e. The summed E-state index contributed by atoms with van der Waals surface area (Å²) in [6, 6.07) is 3.43. The molecule has 0 atom stereocenters. The van der Waals surface area contributed by atoms with E-state index in [0.29, 0.717) is 13.1 Å². The number of nitro groups is 1. The number of aryl methyl sites for hydroxylation is 1. The van der Waals surface area contributed by atoms with Crippen molar-refractivity contribution in [3.8, 4) is 0 Å². The van der Waals surface area contributed by atoms with Crippen molar-refractivity contribution < 1.29 is 9.45 Å². The second kappa shape index (κ2) is 6.48. The number of rotatable bonds is 5. The first-order valence-corrected chi connectivity index (χ1v) is 5.88. The van der Waals surface area contributed by atoms with Gasteiger partial charge in [0.05, 0.1) is 10.6 Å². The van der Waals surface area contributed by atoms with E-state index in [1.165, 1.54) is 0 Å². The molecule has 0 saturated carbocycles. The molecule has 2 heterocycles. The molecule has 1 N–H and O–H groups in total. The highest BCUT2D eigenvalue weighted by molar-refractivity contribution is 7.13. The minimum atomic E-state index is -0.380. The van der Waals surface area contributed by atoms with E-state index < -0.39 is 0 Å². The van der Waals surface area contributed by atoms with Gasteiger partial charge < -0.3 is 9.84 Å². The minimum Gasteiger partial charge on any atom is -0.361 e. The van der Waals surface area contributed by atoms with Gasteiger partial charge in [0, 0.05) is 30.6 Å². The monoisotopic (exact) mass is 289 g/mol. The van der Waals surface area contributed by atoms with Gasteiger partial charge in [0.15, 0.2) is 0 Å². The average molecular weight is 290 g/mol. The van der Waals surface area contributed by atoms with Gasteiger partial charge in [-0.05, 0) is 12.5 Å². The molecule has 0 aliphatic rings. The van der Waals surface area contributed by atoms with Crippen LogP contribution in [0.25, 0.3) is 0 Å². The Bertz CT molecular complexity index is 526. The topological polar surface area (TPSA) is 81.2 Å². The molecule has 0 bridgehead atoms. The fraction of sp³-hybridized carbons (Fsp3) is 0.300. The van der Waals surface area contributed by atoms with Gasteiger partial charge in [-0.25, -0.2) is 0 Å². The highest BCUT2D eigenvalue weighted by Crippen LogP contribution is 2.22. The molecule has 98 valence electrons. The maximum atomic E-state index is 10.5. The van der Waals surface area contributed by atoms with Crippen molar-refractivity contribution in [2.24, 2.45) is 0 Å². The fourth-order valence-corrected chi connectivity index (χ4v) is 2.12. The molecule has 0 radical (unpaired) electrons. The Morgan fingerprint density at radius 2 is 2.28 bits per heavy atom. The quantitative estimate of drug-likeness (QED) is 0.676. The van der Waals surface area contributed by atoms with Gasteiger partial charge in [-0.1, -0.05) is 16.5 Å². The zero-order valence-electron chi connectivity index (χ0n) is 9.58. The number of halogens is 1. The summed E-state index contributed by atoms with van der Waals surface area (Å²) in [7, 11) is 0. The van der Waals surface area contributed by atoms with Crippen LogP contribution in [0.5, 0.6) is 0 Å². The van der Waals surface area contributed by atoms with Crippen LogP contribution in [0.4, 0.5) is 5.00 Å². The highest BCUT2D eigenvalue weighted by Gasteiger charge is 2.09. The summed E-state index contributed by atoms with van der Waals surface area (Å²) in [5, 5.41) is 19.4. The summed E-state index contributed by atoms with van der Waals surface area (Å²) in [4.78, 5) is 10.1. The Morgan fingerprint density at radius 3 is 2.83 bits per heavy atom. The van der Waals surface area contributed by atoms with E-state index in [1.807, 2.05) is 13.0 Å². The molecule has 0 fully saturated rings. The molecule has 0 unspecified atom stereocenters. The van der Waals surface area contributed by atoms with Crippen LogP contribution < -0.4 is 5.32 Å². The maximum Gasteiger partial charge on any atom is 0.324 e. The van der Waals surface area contributed by atoms with E-state index >= 15 is 0 Å². The Kier molecular flexibility index (Phi) is 5.26. The molecule has 0 aliphatic heterocycles. The Balaban J connectivity index is 0.00000162. The predicted molar refractivity (Wildman–Crippen MR) is 70.0 cm³/mol. The molecule has 0 spiro atoms. The first kappa shape index (κ1) is 14.6. The third kappa shape index (κ3) is 3.80. The first-order chi connectivity index (χ1) is 8.15. The molecule has 0 amide bonds. The third-order valence-electron chi connectivity index (χ3n) is 2.13. The van der Waals surface area contributed by atoms with Crippen LogP contribution in [0.15, 0.2) is 22.0 Å². The van der Waals surface area contributed by atoms with Crippen molar-refractivity contribution in [1.82, 2.24) is 10.5 Å². The van der Waals surface area contributed by atoms with Gasteiger partial charge in [0.25, 0.3) is 0 Å². The molecule has 0 aliphatic carbocycles. The Labute approximate surface area is 114 Å². The molecular weight excluding hydrogens is 278 g/mol. The molecule has 2 rings (SSSR count). The summed E-state index contributed by atoms with van der Waals surface area (Å²) in [6.45, 7) is 3.00. The zero-order valence-corrected chi connectivity index (χ0v) is 11.2. The third-order valence-corrected chi connectivity index (χ3v) is 3.06. The van der Waals surface area contributed by atoms with E-state index in [4.69, 9.17) is 4.52 Å². The lowest BCUT2D eigenvalue weighted by molar-refractivity contribution is -0.380. The first-order valence-electron chi connectivity index (χ1n) is 5.00. The smallest absolute Gasteiger partial charge is 0.324 e. The Hall–Kier alpha value is -1.44. The molecule has 2 aromatic rings. The van der Waals surface area contributed by atoms with Crippen molar-refractivity contribution in [3.05, 3.63) is 44.6 Å². The molecule has 0 saturated heterocycles. The fourth-order valence-electron chi connectivity index (χ4n) is 1.39. The van der Waals surface area contributed by atoms with Gasteiger partial charge in [0.2, 0.25) is 0 Å². The second-order valence-electron chi connectivity index (χ2n) is 3.58. The zero-order chi connectivity index (χ0) is 12.3. The van der Waals surface area contributed by atoms with Gasteiger partial charge in [-0.3, -0.25) is 10.1 Å². The second-order valence-corrected chi connectivity index (χ2v) is 4.47. The summed E-state index contributed by atoms with van der Waals surface area (Å²) in [5.74, 6) is 0.771. The SMILES string of the molecule is Cc1cc(CNCc2csc([N+](=O)[O-])c2)no1.Cl. The van der Waals surface area contributed by atoms with Gasteiger partial charge in [-0.2, -0.15) is 0 Å². The maximum absolute atomic E-state index is 10.5. The van der Waals surface area contributed by atoms with Crippen LogP contribution in [0, 0.1) is 17.0 Å². The number of nitrogens with one attached hydrogen (secondary N) is 1. The number of nitrogens with zero attached hydrogens (tertiary/aromatic N) is 2. The lowest BCUT2D eigenvalue weighted by atomic mass is 10.3. The number of thiophene rings is 1. The van der Waals surface area contributed by atoms with Crippen molar-refractivity contribution in [2.75, 3.05) is 0 Å². The number of aromatic nitrogens is 1. The Morgan fingerprint density at radius 1 is 1.50 bits per heavy atom. The van der Waals surface area contributed by atoms with Gasteiger partial charge in [0.1, 0.15) is 5.76 Å². The molecule has 0 aromatic carbocycles. The molecular formula is C10H12ClN3O3S. The van der Waals surface area contributed by atoms with E-state index in [9.17, 15) is 10.1 Å². The van der Waals surface area contributed by atoms with E-state index in [1.54, 1.807) is 11.4 Å². The lowest BCUT2D eigenvalue weighted by Crippen LogP contribution is -2.12. The van der Waals surface area contributed by atoms with Crippen molar-refractivity contribution in [3.63, 3.8) is 0 Å². The van der Waals surface area contributed by atoms with Crippen molar-refractivity contribution in [2.45, 2.75) is 20.0 Å². The van der Waals surface area contributed by atoms with Crippen LogP contribution in [0.1, 0.15) is 17.0 Å². The van der Waals surface area contributed by atoms with Crippen LogP contribution in [-0.4, -0.2) is 10.1 Å². The van der Waals surface area contributed by atoms with Crippen LogP contribution in [0.2, 0.25) is 0 Å². The van der Waals surface area contributed by atoms with Crippen LogP contribution in [0.3, 0.4) is 0 Å². The summed E-state index contributed by atoms with van der Waals surface area (Å²) >= 11 is 1.13. The number of hydrogen-bond donors (Lipinski definition) is 1. The summed E-state index contributed by atoms with van der Waals surface area (Å²) in [6.07, 6.45) is 0. The summed E-state index contributed by atoms with van der Waals surface area (Å²) < 4.78 is 4.93. The summed E-state index contributed by atoms with van der Waals surface area (Å²) in [5.41, 5.74) is 1.73. The molecule has 2 aromatic heterocycles. The molecule has 18 heavy (non-hydrogen) atoms. The number of hydrogen-bond acceptors (Lipinski definition) is 6.